The average molecular weight is 218 g/mol. The van der Waals surface area contributed by atoms with Crippen molar-refractivity contribution in [3.05, 3.63) is 35.9 Å². The van der Waals surface area contributed by atoms with E-state index in [0.717, 1.165) is 6.92 Å². The maximum absolute atomic E-state index is 12.3. The molecule has 0 aromatic heterocycles. The molecule has 0 bridgehead atoms. The molecule has 0 saturated heterocycles. The highest BCUT2D eigenvalue weighted by atomic mass is 32.2. The Morgan fingerprint density at radius 2 is 1.93 bits per heavy atom. The summed E-state index contributed by atoms with van der Waals surface area (Å²) >= 11 is 0. The van der Waals surface area contributed by atoms with Crippen LogP contribution in [0.4, 0.5) is 4.39 Å². The van der Waals surface area contributed by atoms with Crippen LogP contribution >= 0.6 is 0 Å². The van der Waals surface area contributed by atoms with Crippen LogP contribution in [0.15, 0.2) is 30.3 Å². The smallest absolute Gasteiger partial charge is 0.233 e. The Morgan fingerprint density at radius 3 is 2.43 bits per heavy atom. The lowest BCUT2D eigenvalue weighted by Crippen LogP contribution is -2.13. The van der Waals surface area contributed by atoms with Crippen LogP contribution in [0, 0.1) is 0 Å². The van der Waals surface area contributed by atoms with Gasteiger partial charge in [0.1, 0.15) is 5.75 Å². The monoisotopic (exact) mass is 218 g/mol. The predicted octanol–water partition coefficient (Wildman–Crippen LogP) is 1.85. The normalized spacial score (nSPS) is 13.9. The summed E-state index contributed by atoms with van der Waals surface area (Å²) in [6.45, 7) is 1.03. The van der Waals surface area contributed by atoms with Crippen molar-refractivity contribution in [3.8, 4) is 0 Å². The summed E-state index contributed by atoms with van der Waals surface area (Å²) in [6, 6.07) is 8.48. The molecule has 1 rings (SSSR count). The fraction of sp³-hybridized carbons (Fsp3) is 0.333. The van der Waals surface area contributed by atoms with Gasteiger partial charge >= 0.3 is 0 Å². The fourth-order valence-corrected chi connectivity index (χ4v) is 2.09. The van der Waals surface area contributed by atoms with Crippen molar-refractivity contribution in [2.75, 3.05) is 0 Å². The molecule has 3 nitrogen and oxygen atoms in total. The van der Waals surface area contributed by atoms with Crippen molar-refractivity contribution < 1.29 is 17.0 Å². The van der Waals surface area contributed by atoms with E-state index in [1.54, 1.807) is 30.3 Å². The first-order valence-electron chi connectivity index (χ1n) is 4.08. The minimum atomic E-state index is -3.81. The molecule has 1 aromatic carbocycles. The van der Waals surface area contributed by atoms with Crippen molar-refractivity contribution in [2.45, 2.75) is 19.0 Å². The quantitative estimate of drug-likeness (QED) is 0.724. The van der Waals surface area contributed by atoms with Gasteiger partial charge in [-0.25, -0.2) is 8.57 Å². The van der Waals surface area contributed by atoms with E-state index in [9.17, 15) is 12.8 Å². The minimum Gasteiger partial charge on any atom is -0.233 e. The first-order chi connectivity index (χ1) is 6.49. The van der Waals surface area contributed by atoms with Gasteiger partial charge in [0.15, 0.2) is 0 Å². The minimum absolute atomic E-state index is 0.303. The third kappa shape index (κ3) is 3.85. The number of benzene rings is 1. The van der Waals surface area contributed by atoms with Gasteiger partial charge in [0.2, 0.25) is 6.36 Å². The van der Waals surface area contributed by atoms with Gasteiger partial charge in [-0.15, -0.1) is 0 Å². The van der Waals surface area contributed by atoms with Crippen molar-refractivity contribution in [3.63, 3.8) is 0 Å². The van der Waals surface area contributed by atoms with Gasteiger partial charge in [0, 0.05) is 0 Å². The van der Waals surface area contributed by atoms with Crippen molar-refractivity contribution in [2.24, 2.45) is 0 Å². The van der Waals surface area contributed by atoms with Gasteiger partial charge in [0.05, 0.1) is 0 Å². The second kappa shape index (κ2) is 4.52. The van der Waals surface area contributed by atoms with Crippen LogP contribution in [0.1, 0.15) is 12.5 Å². The topological polar surface area (TPSA) is 43.4 Å². The zero-order valence-corrected chi connectivity index (χ0v) is 8.50. The third-order valence-electron chi connectivity index (χ3n) is 1.47. The molecule has 1 unspecified atom stereocenters. The molecule has 0 N–H and O–H groups in total. The SMILES string of the molecule is CC(F)OS(=O)(=O)Cc1ccccc1. The highest BCUT2D eigenvalue weighted by molar-refractivity contribution is 7.85. The van der Waals surface area contributed by atoms with E-state index in [0.29, 0.717) is 5.56 Å². The molecule has 14 heavy (non-hydrogen) atoms. The molecule has 0 heterocycles. The zero-order chi connectivity index (χ0) is 10.6. The van der Waals surface area contributed by atoms with Gasteiger partial charge in [-0.2, -0.15) is 8.42 Å². The molecule has 1 aromatic rings. The maximum Gasteiger partial charge on any atom is 0.274 e. The van der Waals surface area contributed by atoms with E-state index < -0.39 is 16.5 Å². The summed E-state index contributed by atoms with van der Waals surface area (Å²) in [4.78, 5) is 0. The molecule has 5 heteroatoms. The Labute approximate surface area is 82.6 Å². The van der Waals surface area contributed by atoms with E-state index in [4.69, 9.17) is 0 Å². The molecule has 0 amide bonds. The van der Waals surface area contributed by atoms with Crippen LogP contribution < -0.4 is 0 Å². The van der Waals surface area contributed by atoms with E-state index in [1.807, 2.05) is 0 Å². The van der Waals surface area contributed by atoms with Gasteiger partial charge < -0.3 is 0 Å². The summed E-state index contributed by atoms with van der Waals surface area (Å²) < 4.78 is 38.7. The molecular weight excluding hydrogens is 207 g/mol. The molecule has 0 saturated carbocycles. The van der Waals surface area contributed by atoms with Gasteiger partial charge in [0.25, 0.3) is 10.1 Å². The third-order valence-corrected chi connectivity index (χ3v) is 2.71. The van der Waals surface area contributed by atoms with Gasteiger partial charge in [-0.3, -0.25) is 0 Å². The second-order valence-electron chi connectivity index (χ2n) is 2.83. The molecule has 0 aliphatic rings. The number of hydrogen-bond acceptors (Lipinski definition) is 3. The van der Waals surface area contributed by atoms with Crippen LogP contribution in [0.5, 0.6) is 0 Å². The number of halogens is 1. The van der Waals surface area contributed by atoms with Crippen LogP contribution in [-0.2, 0) is 20.1 Å². The Morgan fingerprint density at radius 1 is 1.36 bits per heavy atom. The van der Waals surface area contributed by atoms with Gasteiger partial charge in [-0.05, 0) is 12.5 Å². The molecular formula is C9H11FO3S. The predicted molar refractivity (Wildman–Crippen MR) is 50.7 cm³/mol. The lowest BCUT2D eigenvalue weighted by Gasteiger charge is -2.05. The van der Waals surface area contributed by atoms with Crippen molar-refractivity contribution >= 4 is 10.1 Å². The first kappa shape index (κ1) is 11.1. The molecule has 1 atom stereocenters. The maximum atomic E-state index is 12.3. The highest BCUT2D eigenvalue weighted by Crippen LogP contribution is 2.09. The van der Waals surface area contributed by atoms with E-state index in [2.05, 4.69) is 4.18 Å². The van der Waals surface area contributed by atoms with E-state index in [1.165, 1.54) is 0 Å². The zero-order valence-electron chi connectivity index (χ0n) is 7.68. The van der Waals surface area contributed by atoms with Crippen LogP contribution in [0.3, 0.4) is 0 Å². The molecule has 0 spiro atoms. The lowest BCUT2D eigenvalue weighted by molar-refractivity contribution is 0.0931. The second-order valence-corrected chi connectivity index (χ2v) is 4.42. The Hall–Kier alpha value is -0.940. The summed E-state index contributed by atoms with van der Waals surface area (Å²) in [5.74, 6) is -0.303. The Balaban J connectivity index is 2.70. The highest BCUT2D eigenvalue weighted by Gasteiger charge is 2.15. The number of hydrogen-bond donors (Lipinski definition) is 0. The molecule has 0 aliphatic heterocycles. The van der Waals surface area contributed by atoms with Gasteiger partial charge in [-0.1, -0.05) is 30.3 Å². The molecule has 0 radical (unpaired) electrons. The number of rotatable bonds is 4. The summed E-state index contributed by atoms with van der Waals surface area (Å²) in [7, 11) is -3.81. The summed E-state index contributed by atoms with van der Waals surface area (Å²) in [6.07, 6.45) is -1.80. The Bertz CT molecular complexity index is 372. The first-order valence-corrected chi connectivity index (χ1v) is 5.66. The Kier molecular flexibility index (Phi) is 3.60. The average Bonchev–Trinajstić information content (AvgIpc) is 2.02. The summed E-state index contributed by atoms with van der Waals surface area (Å²) in [5, 5.41) is 0. The largest absolute Gasteiger partial charge is 0.274 e. The summed E-state index contributed by atoms with van der Waals surface area (Å²) in [5.41, 5.74) is 0.577. The van der Waals surface area contributed by atoms with Crippen LogP contribution in [0.2, 0.25) is 0 Å². The molecule has 0 aliphatic carbocycles. The number of alkyl halides is 1. The van der Waals surface area contributed by atoms with E-state index >= 15 is 0 Å². The van der Waals surface area contributed by atoms with Crippen molar-refractivity contribution in [1.29, 1.82) is 0 Å². The fourth-order valence-electron chi connectivity index (χ4n) is 1.01. The standard InChI is InChI=1S/C9H11FO3S/c1-8(10)13-14(11,12)7-9-5-3-2-4-6-9/h2-6,8H,7H2,1H3. The lowest BCUT2D eigenvalue weighted by atomic mass is 10.2. The van der Waals surface area contributed by atoms with E-state index in [-0.39, 0.29) is 5.75 Å². The van der Waals surface area contributed by atoms with Crippen molar-refractivity contribution in [1.82, 2.24) is 0 Å². The molecule has 78 valence electrons. The van der Waals surface area contributed by atoms with Crippen LogP contribution in [0.25, 0.3) is 0 Å². The molecule has 0 fully saturated rings. The van der Waals surface area contributed by atoms with Crippen LogP contribution in [-0.4, -0.2) is 14.8 Å².